The average molecular weight is 220 g/mol. The monoisotopic (exact) mass is 220 g/mol. The highest BCUT2D eigenvalue weighted by atomic mass is 16.5. The maximum Gasteiger partial charge on any atom is 0.265 e. The first-order valence-corrected chi connectivity index (χ1v) is 5.41. The van der Waals surface area contributed by atoms with Gasteiger partial charge in [-0.2, -0.15) is 0 Å². The fraction of sp³-hybridized carbons (Fsp3) is 0.417. The van der Waals surface area contributed by atoms with Crippen molar-refractivity contribution >= 4 is 17.3 Å². The molecule has 0 bridgehead atoms. The van der Waals surface area contributed by atoms with Crippen molar-refractivity contribution in [2.75, 3.05) is 11.1 Å². The zero-order chi connectivity index (χ0) is 11.9. The fourth-order valence-electron chi connectivity index (χ4n) is 1.84. The second-order valence-corrected chi connectivity index (χ2v) is 4.10. The van der Waals surface area contributed by atoms with Gasteiger partial charge in [-0.1, -0.05) is 6.92 Å². The van der Waals surface area contributed by atoms with Gasteiger partial charge in [0.05, 0.1) is 5.69 Å². The van der Waals surface area contributed by atoms with Crippen LogP contribution in [0.4, 0.5) is 11.4 Å². The molecule has 86 valence electrons. The topological polar surface area (TPSA) is 64.3 Å². The zero-order valence-corrected chi connectivity index (χ0v) is 9.76. The molecule has 16 heavy (non-hydrogen) atoms. The molecule has 0 fully saturated rings. The predicted molar refractivity (Wildman–Crippen MR) is 63.7 cm³/mol. The standard InChI is InChI=1S/C12H16N2O2/c1-4-10-12(15)14-9-5-8(13)6(2)7(3)11(9)16-10/h5,10H,4,13H2,1-3H3,(H,14,15). The summed E-state index contributed by atoms with van der Waals surface area (Å²) < 4.78 is 5.69. The number of anilines is 2. The number of nitrogen functional groups attached to an aromatic ring is 1. The smallest absolute Gasteiger partial charge is 0.265 e. The molecular weight excluding hydrogens is 204 g/mol. The second kappa shape index (κ2) is 3.70. The summed E-state index contributed by atoms with van der Waals surface area (Å²) >= 11 is 0. The van der Waals surface area contributed by atoms with Gasteiger partial charge in [0.25, 0.3) is 5.91 Å². The van der Waals surface area contributed by atoms with Crippen molar-refractivity contribution in [3.05, 3.63) is 17.2 Å². The Morgan fingerprint density at radius 3 is 2.75 bits per heavy atom. The SMILES string of the molecule is CCC1Oc2c(cc(N)c(C)c2C)NC1=O. The summed E-state index contributed by atoms with van der Waals surface area (Å²) in [6.45, 7) is 5.83. The van der Waals surface area contributed by atoms with Crippen molar-refractivity contribution in [2.45, 2.75) is 33.3 Å². The minimum atomic E-state index is -0.394. The van der Waals surface area contributed by atoms with Crippen LogP contribution in [0, 0.1) is 13.8 Å². The quantitative estimate of drug-likeness (QED) is 0.711. The Labute approximate surface area is 94.8 Å². The van der Waals surface area contributed by atoms with E-state index in [1.165, 1.54) is 0 Å². The van der Waals surface area contributed by atoms with E-state index in [0.717, 1.165) is 16.9 Å². The Hall–Kier alpha value is -1.71. The molecule has 4 heteroatoms. The summed E-state index contributed by atoms with van der Waals surface area (Å²) in [7, 11) is 0. The van der Waals surface area contributed by atoms with Gasteiger partial charge in [-0.05, 0) is 37.5 Å². The predicted octanol–water partition coefficient (Wildman–Crippen LogP) is 2.00. The normalized spacial score (nSPS) is 18.7. The van der Waals surface area contributed by atoms with Gasteiger partial charge in [0.1, 0.15) is 5.75 Å². The van der Waals surface area contributed by atoms with E-state index in [2.05, 4.69) is 5.32 Å². The molecule has 1 aliphatic heterocycles. The first kappa shape index (κ1) is 10.8. The number of hydrogen-bond donors (Lipinski definition) is 2. The van der Waals surface area contributed by atoms with Crippen LogP contribution in [0.15, 0.2) is 6.07 Å². The fourth-order valence-corrected chi connectivity index (χ4v) is 1.84. The van der Waals surface area contributed by atoms with Gasteiger partial charge in [0.2, 0.25) is 0 Å². The summed E-state index contributed by atoms with van der Waals surface area (Å²) in [5.74, 6) is 0.649. The third kappa shape index (κ3) is 1.50. The first-order chi connectivity index (χ1) is 7.54. The summed E-state index contributed by atoms with van der Waals surface area (Å²) in [6, 6.07) is 1.75. The third-order valence-electron chi connectivity index (χ3n) is 3.06. The molecule has 1 aliphatic rings. The van der Waals surface area contributed by atoms with Crippen LogP contribution in [0.1, 0.15) is 24.5 Å². The van der Waals surface area contributed by atoms with Crippen molar-refractivity contribution in [2.24, 2.45) is 0 Å². The molecule has 2 rings (SSSR count). The van der Waals surface area contributed by atoms with Crippen molar-refractivity contribution < 1.29 is 9.53 Å². The van der Waals surface area contributed by atoms with Crippen LogP contribution in [0.2, 0.25) is 0 Å². The summed E-state index contributed by atoms with van der Waals surface area (Å²) in [5.41, 5.74) is 9.20. The Morgan fingerprint density at radius 1 is 1.44 bits per heavy atom. The van der Waals surface area contributed by atoms with Crippen molar-refractivity contribution in [1.29, 1.82) is 0 Å². The Kier molecular flexibility index (Phi) is 2.50. The van der Waals surface area contributed by atoms with Gasteiger partial charge in [-0.3, -0.25) is 4.79 Å². The lowest BCUT2D eigenvalue weighted by atomic mass is 10.0. The summed E-state index contributed by atoms with van der Waals surface area (Å²) in [5, 5.41) is 2.83. The van der Waals surface area contributed by atoms with Crippen LogP contribution >= 0.6 is 0 Å². The Morgan fingerprint density at radius 2 is 2.12 bits per heavy atom. The molecule has 1 heterocycles. The van der Waals surface area contributed by atoms with E-state index in [4.69, 9.17) is 10.5 Å². The zero-order valence-electron chi connectivity index (χ0n) is 9.76. The van der Waals surface area contributed by atoms with Crippen LogP contribution in [-0.2, 0) is 4.79 Å². The molecule has 1 amide bonds. The van der Waals surface area contributed by atoms with Crippen molar-refractivity contribution in [3.8, 4) is 5.75 Å². The number of ether oxygens (including phenoxy) is 1. The number of hydrogen-bond acceptors (Lipinski definition) is 3. The molecule has 0 radical (unpaired) electrons. The van der Waals surface area contributed by atoms with E-state index in [-0.39, 0.29) is 5.91 Å². The number of amides is 1. The molecule has 0 spiro atoms. The molecule has 3 N–H and O–H groups in total. The number of fused-ring (bicyclic) bond motifs is 1. The van der Waals surface area contributed by atoms with E-state index in [1.807, 2.05) is 20.8 Å². The third-order valence-corrected chi connectivity index (χ3v) is 3.06. The molecule has 1 atom stereocenters. The van der Waals surface area contributed by atoms with E-state index in [9.17, 15) is 4.79 Å². The van der Waals surface area contributed by atoms with Crippen LogP contribution < -0.4 is 15.8 Å². The summed E-state index contributed by atoms with van der Waals surface area (Å²) in [4.78, 5) is 11.6. The van der Waals surface area contributed by atoms with Crippen molar-refractivity contribution in [3.63, 3.8) is 0 Å². The molecule has 0 aromatic heterocycles. The molecule has 0 saturated heterocycles. The van der Waals surface area contributed by atoms with Crippen LogP contribution in [-0.4, -0.2) is 12.0 Å². The highest BCUT2D eigenvalue weighted by molar-refractivity contribution is 5.98. The largest absolute Gasteiger partial charge is 0.478 e. The van der Waals surface area contributed by atoms with Crippen LogP contribution in [0.3, 0.4) is 0 Å². The lowest BCUT2D eigenvalue weighted by Crippen LogP contribution is -2.36. The van der Waals surface area contributed by atoms with E-state index in [0.29, 0.717) is 17.8 Å². The minimum Gasteiger partial charge on any atom is -0.478 e. The number of nitrogens with two attached hydrogens (primary N) is 1. The number of nitrogens with one attached hydrogen (secondary N) is 1. The Bertz CT molecular complexity index is 455. The summed E-state index contributed by atoms with van der Waals surface area (Å²) in [6.07, 6.45) is 0.267. The maximum absolute atomic E-state index is 11.6. The second-order valence-electron chi connectivity index (χ2n) is 4.10. The highest BCUT2D eigenvalue weighted by Gasteiger charge is 2.28. The number of carbonyl (C=O) groups is 1. The van der Waals surface area contributed by atoms with Gasteiger partial charge in [0.15, 0.2) is 6.10 Å². The maximum atomic E-state index is 11.6. The van der Waals surface area contributed by atoms with Crippen molar-refractivity contribution in [1.82, 2.24) is 0 Å². The van der Waals surface area contributed by atoms with Gasteiger partial charge in [0, 0.05) is 5.69 Å². The van der Waals surface area contributed by atoms with Gasteiger partial charge >= 0.3 is 0 Å². The van der Waals surface area contributed by atoms with Crippen LogP contribution in [0.25, 0.3) is 0 Å². The molecule has 1 aromatic carbocycles. The number of benzene rings is 1. The lowest BCUT2D eigenvalue weighted by Gasteiger charge is -2.27. The van der Waals surface area contributed by atoms with E-state index < -0.39 is 6.10 Å². The minimum absolute atomic E-state index is 0.0994. The van der Waals surface area contributed by atoms with Crippen LogP contribution in [0.5, 0.6) is 5.75 Å². The highest BCUT2D eigenvalue weighted by Crippen LogP contribution is 2.38. The molecule has 0 aliphatic carbocycles. The lowest BCUT2D eigenvalue weighted by molar-refractivity contribution is -0.123. The Balaban J connectivity index is 2.52. The average Bonchev–Trinajstić information content (AvgIpc) is 2.26. The molecule has 1 aromatic rings. The van der Waals surface area contributed by atoms with Gasteiger partial charge in [-0.25, -0.2) is 0 Å². The van der Waals surface area contributed by atoms with E-state index >= 15 is 0 Å². The van der Waals surface area contributed by atoms with E-state index in [1.54, 1.807) is 6.07 Å². The molecular formula is C12H16N2O2. The molecule has 4 nitrogen and oxygen atoms in total. The van der Waals surface area contributed by atoms with Gasteiger partial charge in [-0.15, -0.1) is 0 Å². The van der Waals surface area contributed by atoms with Gasteiger partial charge < -0.3 is 15.8 Å². The molecule has 1 unspecified atom stereocenters. The molecule has 0 saturated carbocycles. The number of carbonyl (C=O) groups excluding carboxylic acids is 1. The first-order valence-electron chi connectivity index (χ1n) is 5.41. The number of rotatable bonds is 1.